The first-order chi connectivity index (χ1) is 8.21. The lowest BCUT2D eigenvalue weighted by Crippen LogP contribution is -2.41. The number of carbonyl (C=O) groups is 1. The summed E-state index contributed by atoms with van der Waals surface area (Å²) in [6, 6.07) is 0.179. The van der Waals surface area contributed by atoms with Gasteiger partial charge in [0.1, 0.15) is 0 Å². The summed E-state index contributed by atoms with van der Waals surface area (Å²) in [6.45, 7) is 15.2. The van der Waals surface area contributed by atoms with Gasteiger partial charge >= 0.3 is 0 Å². The molecule has 0 aromatic heterocycles. The minimum Gasteiger partial charge on any atom is -0.297 e. The van der Waals surface area contributed by atoms with Gasteiger partial charge in [-0.1, -0.05) is 41.5 Å². The normalized spacial score (nSPS) is 36.6. The van der Waals surface area contributed by atoms with Crippen molar-refractivity contribution in [1.29, 1.82) is 0 Å². The summed E-state index contributed by atoms with van der Waals surface area (Å²) < 4.78 is 0. The molecule has 1 heterocycles. The van der Waals surface area contributed by atoms with Crippen LogP contribution in [0.2, 0.25) is 0 Å². The van der Waals surface area contributed by atoms with E-state index in [0.29, 0.717) is 11.2 Å². The molecular weight excluding hydrogens is 222 g/mol. The molecule has 3 atom stereocenters. The lowest BCUT2D eigenvalue weighted by Gasteiger charge is -2.27. The Morgan fingerprint density at radius 3 is 2.33 bits per heavy atom. The molecule has 1 saturated carbocycles. The summed E-state index contributed by atoms with van der Waals surface area (Å²) in [5, 5.41) is 0. The molecule has 1 unspecified atom stereocenters. The van der Waals surface area contributed by atoms with Gasteiger partial charge in [-0.2, -0.15) is 0 Å². The average Bonchev–Trinajstić information content (AvgIpc) is 2.81. The van der Waals surface area contributed by atoms with E-state index in [1.807, 2.05) is 0 Å². The molecule has 0 radical (unpaired) electrons. The van der Waals surface area contributed by atoms with Gasteiger partial charge in [0.25, 0.3) is 0 Å². The fraction of sp³-hybridized carbons (Fsp3) is 0.938. The Balaban J connectivity index is 2.12. The Bertz CT molecular complexity index is 341. The van der Waals surface area contributed by atoms with Crippen LogP contribution in [-0.4, -0.2) is 29.8 Å². The number of hydrogen-bond donors (Lipinski definition) is 0. The molecule has 0 amide bonds. The second-order valence-electron chi connectivity index (χ2n) is 7.81. The highest BCUT2D eigenvalue weighted by Crippen LogP contribution is 2.63. The van der Waals surface area contributed by atoms with Crippen molar-refractivity contribution in [2.45, 2.75) is 60.4 Å². The summed E-state index contributed by atoms with van der Waals surface area (Å²) in [7, 11) is 0. The maximum Gasteiger partial charge on any atom is 0.155 e. The van der Waals surface area contributed by atoms with Crippen molar-refractivity contribution in [3.05, 3.63) is 0 Å². The van der Waals surface area contributed by atoms with Gasteiger partial charge in [-0.25, -0.2) is 0 Å². The first-order valence-corrected chi connectivity index (χ1v) is 7.49. The highest BCUT2D eigenvalue weighted by atomic mass is 16.1. The van der Waals surface area contributed by atoms with E-state index < -0.39 is 0 Å². The zero-order valence-corrected chi connectivity index (χ0v) is 12.9. The van der Waals surface area contributed by atoms with Crippen molar-refractivity contribution < 1.29 is 4.79 Å². The van der Waals surface area contributed by atoms with Crippen LogP contribution in [0.3, 0.4) is 0 Å². The fourth-order valence-corrected chi connectivity index (χ4v) is 3.92. The number of hydrogen-bond acceptors (Lipinski definition) is 2. The van der Waals surface area contributed by atoms with Crippen molar-refractivity contribution in [3.63, 3.8) is 0 Å². The third-order valence-corrected chi connectivity index (χ3v) is 5.06. The summed E-state index contributed by atoms with van der Waals surface area (Å²) in [6.07, 6.45) is 2.45. The van der Waals surface area contributed by atoms with Crippen LogP contribution in [0.1, 0.15) is 54.4 Å². The second-order valence-corrected chi connectivity index (χ2v) is 7.81. The number of rotatable bonds is 3. The maximum absolute atomic E-state index is 12.6. The number of Topliss-reactive ketones (excluding diaryl/α,β-unsaturated/α-hetero) is 1. The lowest BCUT2D eigenvalue weighted by atomic mass is 9.83. The number of likely N-dealkylation sites (tertiary alicyclic amines) is 1. The van der Waals surface area contributed by atoms with Gasteiger partial charge in [-0.05, 0) is 36.6 Å². The van der Waals surface area contributed by atoms with Crippen molar-refractivity contribution in [3.8, 4) is 0 Å². The Morgan fingerprint density at radius 2 is 1.94 bits per heavy atom. The van der Waals surface area contributed by atoms with E-state index in [0.717, 1.165) is 31.3 Å². The number of likely N-dealkylation sites (N-methyl/N-ethyl adjacent to an activating group) is 1. The summed E-state index contributed by atoms with van der Waals surface area (Å²) in [5.41, 5.74) is 0.279. The number of nitrogens with zero attached hydrogens (tertiary/aromatic N) is 1. The molecule has 2 nitrogen and oxygen atoms in total. The fourth-order valence-electron chi connectivity index (χ4n) is 3.92. The van der Waals surface area contributed by atoms with Gasteiger partial charge in [0.05, 0.1) is 6.04 Å². The van der Waals surface area contributed by atoms with Crippen LogP contribution >= 0.6 is 0 Å². The van der Waals surface area contributed by atoms with Gasteiger partial charge in [0.15, 0.2) is 5.78 Å². The monoisotopic (exact) mass is 251 g/mol. The van der Waals surface area contributed by atoms with Gasteiger partial charge in [0.2, 0.25) is 0 Å². The third-order valence-electron chi connectivity index (χ3n) is 5.06. The quantitative estimate of drug-likeness (QED) is 0.766. The van der Waals surface area contributed by atoms with Crippen molar-refractivity contribution >= 4 is 5.78 Å². The standard InChI is InChI=1S/C16H29NO/c1-7-17-10-16(8-12(16)11(2)3)9-13(17)14(18)15(4,5)6/h11-13H,7-10H2,1-6H3/t12?,13-,16-/m0/s1. The Hall–Kier alpha value is -0.370. The molecule has 0 aromatic rings. The van der Waals surface area contributed by atoms with Gasteiger partial charge in [-0.15, -0.1) is 0 Å². The zero-order valence-electron chi connectivity index (χ0n) is 12.9. The molecule has 2 rings (SSSR count). The first-order valence-electron chi connectivity index (χ1n) is 7.49. The SMILES string of the molecule is CCN1C[C@]2(CC2C(C)C)C[C@H]1C(=O)C(C)(C)C. The smallest absolute Gasteiger partial charge is 0.155 e. The maximum atomic E-state index is 12.6. The predicted molar refractivity (Wildman–Crippen MR) is 75.5 cm³/mol. The third kappa shape index (κ3) is 2.24. The van der Waals surface area contributed by atoms with Crippen LogP contribution in [-0.2, 0) is 4.79 Å². The molecule has 1 aliphatic carbocycles. The van der Waals surface area contributed by atoms with E-state index >= 15 is 0 Å². The predicted octanol–water partition coefficient (Wildman–Crippen LogP) is 3.36. The van der Waals surface area contributed by atoms with E-state index in [-0.39, 0.29) is 11.5 Å². The molecule has 1 aliphatic heterocycles. The summed E-state index contributed by atoms with van der Waals surface area (Å²) >= 11 is 0. The molecular formula is C16H29NO. The van der Waals surface area contributed by atoms with Gasteiger partial charge in [-0.3, -0.25) is 9.69 Å². The minimum atomic E-state index is -0.203. The van der Waals surface area contributed by atoms with Crippen molar-refractivity contribution in [2.24, 2.45) is 22.7 Å². The summed E-state index contributed by atoms with van der Waals surface area (Å²) in [4.78, 5) is 15.0. The minimum absolute atomic E-state index is 0.179. The topological polar surface area (TPSA) is 20.3 Å². The molecule has 2 fully saturated rings. The summed E-state index contributed by atoms with van der Waals surface area (Å²) in [5.74, 6) is 2.06. The van der Waals surface area contributed by atoms with Gasteiger partial charge in [0, 0.05) is 12.0 Å². The van der Waals surface area contributed by atoms with Crippen LogP contribution < -0.4 is 0 Å². The van der Waals surface area contributed by atoms with E-state index in [9.17, 15) is 4.79 Å². The average molecular weight is 251 g/mol. The highest BCUT2D eigenvalue weighted by molar-refractivity contribution is 5.89. The van der Waals surface area contributed by atoms with Crippen LogP contribution in [0.4, 0.5) is 0 Å². The molecule has 0 bridgehead atoms. The lowest BCUT2D eigenvalue weighted by molar-refractivity contribution is -0.130. The van der Waals surface area contributed by atoms with Crippen molar-refractivity contribution in [2.75, 3.05) is 13.1 Å². The van der Waals surface area contributed by atoms with Crippen LogP contribution in [0.25, 0.3) is 0 Å². The van der Waals surface area contributed by atoms with E-state index in [2.05, 4.69) is 46.4 Å². The van der Waals surface area contributed by atoms with Crippen LogP contribution in [0.15, 0.2) is 0 Å². The Kier molecular flexibility index (Phi) is 3.38. The highest BCUT2D eigenvalue weighted by Gasteiger charge is 2.61. The molecule has 0 aromatic carbocycles. The van der Waals surface area contributed by atoms with E-state index in [1.54, 1.807) is 0 Å². The molecule has 18 heavy (non-hydrogen) atoms. The molecule has 1 spiro atoms. The number of ketones is 1. The number of carbonyl (C=O) groups excluding carboxylic acids is 1. The largest absolute Gasteiger partial charge is 0.297 e. The van der Waals surface area contributed by atoms with E-state index in [1.165, 1.54) is 6.42 Å². The molecule has 0 N–H and O–H groups in total. The second kappa shape index (κ2) is 4.33. The zero-order chi connectivity index (χ0) is 13.7. The van der Waals surface area contributed by atoms with E-state index in [4.69, 9.17) is 0 Å². The molecule has 104 valence electrons. The Labute approximate surface area is 112 Å². The van der Waals surface area contributed by atoms with Crippen LogP contribution in [0, 0.1) is 22.7 Å². The van der Waals surface area contributed by atoms with Crippen LogP contribution in [0.5, 0.6) is 0 Å². The molecule has 2 aliphatic rings. The first kappa shape index (κ1) is 14.0. The van der Waals surface area contributed by atoms with Gasteiger partial charge < -0.3 is 0 Å². The molecule has 2 heteroatoms. The molecule has 1 saturated heterocycles. The van der Waals surface area contributed by atoms with Crippen molar-refractivity contribution in [1.82, 2.24) is 4.90 Å². The Morgan fingerprint density at radius 1 is 1.33 bits per heavy atom.